The number of hydrogen-bond donors (Lipinski definition) is 1. The molecule has 1 spiro atoms. The van der Waals surface area contributed by atoms with Crippen molar-refractivity contribution in [2.75, 3.05) is 6.54 Å². The maximum absolute atomic E-state index is 13.9. The summed E-state index contributed by atoms with van der Waals surface area (Å²) in [4.78, 5) is 32.5. The van der Waals surface area contributed by atoms with Gasteiger partial charge in [0, 0.05) is 6.54 Å². The lowest BCUT2D eigenvalue weighted by Gasteiger charge is -2.46. The summed E-state index contributed by atoms with van der Waals surface area (Å²) in [6.07, 6.45) is 6.95. The molecule has 6 rings (SSSR count). The van der Waals surface area contributed by atoms with E-state index in [-0.39, 0.29) is 18.2 Å². The minimum absolute atomic E-state index is 0.229. The van der Waals surface area contributed by atoms with Gasteiger partial charge in [0.05, 0.1) is 28.5 Å². The predicted octanol–water partition coefficient (Wildman–Crippen LogP) is 3.43. The SMILES string of the molecule is C#[N+][C@@]12CCCN1C(=O)[C@]1(C=C3C(=[N+]([O-])c4c3ccc3c4C=CC(C)(C)O3)C(C)(C)C1)NC2=O. The molecule has 1 N–H and O–H groups in total. The quantitative estimate of drug-likeness (QED) is 0.476. The van der Waals surface area contributed by atoms with Gasteiger partial charge in [-0.1, -0.05) is 0 Å². The first kappa shape index (κ1) is 21.0. The lowest BCUT2D eigenvalue weighted by atomic mass is 9.66. The Kier molecular flexibility index (Phi) is 3.76. The molecule has 1 aromatic carbocycles. The molecule has 1 aromatic rings. The number of nitrogens with zero attached hydrogens (tertiary/aromatic N) is 3. The highest BCUT2D eigenvalue weighted by molar-refractivity contribution is 6.30. The molecular weight excluding hydrogens is 432 g/mol. The van der Waals surface area contributed by atoms with Crippen LogP contribution >= 0.6 is 0 Å². The van der Waals surface area contributed by atoms with E-state index in [1.807, 2.05) is 52.0 Å². The van der Waals surface area contributed by atoms with Crippen molar-refractivity contribution in [1.29, 1.82) is 0 Å². The predicted molar refractivity (Wildman–Crippen MR) is 128 cm³/mol. The second-order valence-electron chi connectivity index (χ2n) is 11.1. The molecule has 34 heavy (non-hydrogen) atoms. The average Bonchev–Trinajstić information content (AvgIpc) is 3.32. The van der Waals surface area contributed by atoms with Crippen LogP contribution in [0.5, 0.6) is 5.75 Å². The Morgan fingerprint density at radius 1 is 1.24 bits per heavy atom. The third-order valence-electron chi connectivity index (χ3n) is 7.80. The van der Waals surface area contributed by atoms with Gasteiger partial charge in [0.25, 0.3) is 12.5 Å². The maximum Gasteiger partial charge on any atom is 0.435 e. The van der Waals surface area contributed by atoms with Crippen molar-refractivity contribution in [1.82, 2.24) is 10.2 Å². The van der Waals surface area contributed by atoms with Gasteiger partial charge >= 0.3 is 11.6 Å². The topological polar surface area (TPSA) is 89.1 Å². The van der Waals surface area contributed by atoms with Gasteiger partial charge in [-0.2, -0.15) is 4.74 Å². The zero-order chi connectivity index (χ0) is 24.3. The van der Waals surface area contributed by atoms with E-state index >= 15 is 0 Å². The van der Waals surface area contributed by atoms with E-state index < -0.39 is 22.2 Å². The number of hydrogen-bond acceptors (Lipinski definition) is 4. The molecular formula is C26H27N4O4+. The van der Waals surface area contributed by atoms with Crippen LogP contribution in [-0.2, 0) is 9.59 Å². The fraction of sp³-hybridized carbons (Fsp3) is 0.462. The fourth-order valence-corrected chi connectivity index (χ4v) is 6.41. The zero-order valence-corrected chi connectivity index (χ0v) is 19.8. The van der Waals surface area contributed by atoms with Crippen LogP contribution in [0.3, 0.4) is 0 Å². The van der Waals surface area contributed by atoms with E-state index in [9.17, 15) is 14.8 Å². The van der Waals surface area contributed by atoms with Crippen molar-refractivity contribution >= 4 is 34.9 Å². The van der Waals surface area contributed by atoms with Crippen molar-refractivity contribution in [3.8, 4) is 12.3 Å². The van der Waals surface area contributed by atoms with Gasteiger partial charge in [-0.05, 0) is 75.7 Å². The van der Waals surface area contributed by atoms with E-state index in [0.717, 1.165) is 15.9 Å². The summed E-state index contributed by atoms with van der Waals surface area (Å²) in [5.41, 5.74) is -0.560. The Hall–Kier alpha value is -3.60. The first-order valence-corrected chi connectivity index (χ1v) is 11.7. The lowest BCUT2D eigenvalue weighted by molar-refractivity contribution is -0.361. The normalized spacial score (nSPS) is 31.7. The molecule has 8 nitrogen and oxygen atoms in total. The third-order valence-corrected chi connectivity index (χ3v) is 7.80. The van der Waals surface area contributed by atoms with E-state index in [1.54, 1.807) is 6.08 Å². The molecule has 0 bridgehead atoms. The van der Waals surface area contributed by atoms with Crippen LogP contribution in [-0.4, -0.2) is 50.5 Å². The van der Waals surface area contributed by atoms with Crippen LogP contribution in [0.1, 0.15) is 58.1 Å². The van der Waals surface area contributed by atoms with Gasteiger partial charge in [0.15, 0.2) is 0 Å². The number of allylic oxidation sites excluding steroid dienone is 1. The largest absolute Gasteiger partial charge is 0.618 e. The van der Waals surface area contributed by atoms with Gasteiger partial charge in [-0.3, -0.25) is 14.5 Å². The molecule has 1 aliphatic carbocycles. The van der Waals surface area contributed by atoms with E-state index in [2.05, 4.69) is 10.2 Å². The Morgan fingerprint density at radius 3 is 2.74 bits per heavy atom. The molecule has 0 aromatic heterocycles. The van der Waals surface area contributed by atoms with E-state index in [0.29, 0.717) is 42.1 Å². The summed E-state index contributed by atoms with van der Waals surface area (Å²) >= 11 is 0. The number of nitrogens with one attached hydrogen (secondary N) is 1. The molecule has 0 unspecified atom stereocenters. The number of rotatable bonds is 0. The van der Waals surface area contributed by atoms with E-state index in [4.69, 9.17) is 11.3 Å². The van der Waals surface area contributed by atoms with Crippen molar-refractivity contribution in [2.45, 2.75) is 63.8 Å². The Bertz CT molecular complexity index is 1340. The summed E-state index contributed by atoms with van der Waals surface area (Å²) in [6, 6.07) is 3.73. The fourth-order valence-electron chi connectivity index (χ4n) is 6.41. The van der Waals surface area contributed by atoms with Gasteiger partial charge in [0.1, 0.15) is 16.9 Å². The van der Waals surface area contributed by atoms with Crippen molar-refractivity contribution < 1.29 is 19.1 Å². The van der Waals surface area contributed by atoms with Gasteiger partial charge in [0.2, 0.25) is 11.4 Å². The summed E-state index contributed by atoms with van der Waals surface area (Å²) in [5.74, 6) is 0.0459. The molecule has 4 heterocycles. The van der Waals surface area contributed by atoms with Gasteiger partial charge in [-0.25, -0.2) is 0 Å². The standard InChI is InChI=1S/C26H26N4O4/c1-23(2)14-25(22(32)29-12-6-10-26(29,27-5)21(31)28-25)13-17-15-7-8-18-16(9-11-24(3,4)34-18)19(15)30(33)20(17)23/h5,7-9,11,13H,6,10,12,14H2,1-4H3/p+1/t25-,26+/m1/s1. The number of benzene rings is 1. The smallest absolute Gasteiger partial charge is 0.435 e. The molecule has 4 aliphatic heterocycles. The molecule has 2 saturated heterocycles. The molecule has 2 fully saturated rings. The van der Waals surface area contributed by atoms with E-state index in [1.165, 1.54) is 4.90 Å². The number of amides is 2. The minimum Gasteiger partial charge on any atom is -0.618 e. The van der Waals surface area contributed by atoms with Crippen molar-refractivity contribution in [3.63, 3.8) is 0 Å². The first-order valence-electron chi connectivity index (χ1n) is 11.7. The number of carbonyl (C=O) groups excluding carboxylic acids is 2. The van der Waals surface area contributed by atoms with Crippen LogP contribution < -0.4 is 10.1 Å². The van der Waals surface area contributed by atoms with Gasteiger partial charge in [-0.15, -0.1) is 0 Å². The highest BCUT2D eigenvalue weighted by Crippen LogP contribution is 2.53. The minimum atomic E-state index is -1.35. The molecule has 0 radical (unpaired) electrons. The lowest BCUT2D eigenvalue weighted by Crippen LogP contribution is -2.74. The highest BCUT2D eigenvalue weighted by atomic mass is 16.5. The Morgan fingerprint density at radius 2 is 2.00 bits per heavy atom. The molecule has 0 saturated carbocycles. The average molecular weight is 460 g/mol. The van der Waals surface area contributed by atoms with Crippen LogP contribution in [0, 0.1) is 17.2 Å². The molecule has 5 aliphatic rings. The second kappa shape index (κ2) is 6.09. The first-order chi connectivity index (χ1) is 15.9. The van der Waals surface area contributed by atoms with Crippen molar-refractivity contribution in [2.24, 2.45) is 5.41 Å². The Labute approximate surface area is 198 Å². The zero-order valence-electron chi connectivity index (χ0n) is 19.8. The van der Waals surface area contributed by atoms with Crippen LogP contribution in [0.2, 0.25) is 0 Å². The van der Waals surface area contributed by atoms with Crippen LogP contribution in [0.25, 0.3) is 16.5 Å². The third kappa shape index (κ3) is 2.39. The Balaban J connectivity index is 1.55. The number of carbonyl (C=O) groups is 2. The number of ether oxygens (including phenoxy) is 1. The number of fused-ring (bicyclic) bond motifs is 6. The summed E-state index contributed by atoms with van der Waals surface area (Å²) in [5, 5.41) is 16.7. The van der Waals surface area contributed by atoms with Crippen molar-refractivity contribution in [3.05, 3.63) is 45.5 Å². The highest BCUT2D eigenvalue weighted by Gasteiger charge is 2.69. The molecule has 174 valence electrons. The van der Waals surface area contributed by atoms with Gasteiger partial charge < -0.3 is 15.3 Å². The van der Waals surface area contributed by atoms with Crippen LogP contribution in [0.4, 0.5) is 5.69 Å². The number of piperazine rings is 1. The maximum atomic E-state index is 13.9. The summed E-state index contributed by atoms with van der Waals surface area (Å²) < 4.78 is 7.06. The second-order valence-corrected chi connectivity index (χ2v) is 11.1. The molecule has 8 heteroatoms. The van der Waals surface area contributed by atoms with Crippen LogP contribution in [0.15, 0.2) is 24.3 Å². The molecule has 2 atom stereocenters. The summed E-state index contributed by atoms with van der Waals surface area (Å²) in [7, 11) is 0. The molecule has 2 amide bonds. The summed E-state index contributed by atoms with van der Waals surface area (Å²) in [6.45, 7) is 13.9. The monoisotopic (exact) mass is 459 g/mol.